The van der Waals surface area contributed by atoms with Crippen LogP contribution in [0.5, 0.6) is 11.5 Å². The molecule has 0 radical (unpaired) electrons. The SMILES string of the molecule is COc1ccc(-c2nc(-c3occc3C)no2)c(O)c1. The maximum atomic E-state index is 9.94. The van der Waals surface area contributed by atoms with Gasteiger partial charge in [-0.25, -0.2) is 0 Å². The lowest BCUT2D eigenvalue weighted by atomic mass is 10.2. The molecule has 0 spiro atoms. The number of phenolic OH excluding ortho intramolecular Hbond substituents is 1. The van der Waals surface area contributed by atoms with E-state index in [2.05, 4.69) is 10.1 Å². The van der Waals surface area contributed by atoms with Gasteiger partial charge in [-0.1, -0.05) is 5.16 Å². The van der Waals surface area contributed by atoms with E-state index in [-0.39, 0.29) is 11.6 Å². The summed E-state index contributed by atoms with van der Waals surface area (Å²) in [6.45, 7) is 1.89. The second kappa shape index (κ2) is 4.73. The van der Waals surface area contributed by atoms with Crippen LogP contribution in [0.1, 0.15) is 5.56 Å². The third kappa shape index (κ3) is 2.01. The number of benzene rings is 1. The van der Waals surface area contributed by atoms with Crippen LogP contribution in [0.4, 0.5) is 0 Å². The van der Waals surface area contributed by atoms with Crippen molar-refractivity contribution >= 4 is 0 Å². The number of phenols is 1. The summed E-state index contributed by atoms with van der Waals surface area (Å²) in [6.07, 6.45) is 1.56. The van der Waals surface area contributed by atoms with Crippen molar-refractivity contribution in [2.24, 2.45) is 0 Å². The Morgan fingerprint density at radius 2 is 2.10 bits per heavy atom. The topological polar surface area (TPSA) is 81.5 Å². The van der Waals surface area contributed by atoms with Crippen molar-refractivity contribution in [3.05, 3.63) is 36.1 Å². The molecule has 0 saturated carbocycles. The van der Waals surface area contributed by atoms with Crippen LogP contribution in [0.15, 0.2) is 39.5 Å². The van der Waals surface area contributed by atoms with E-state index in [0.29, 0.717) is 22.9 Å². The molecule has 0 amide bonds. The number of aromatic nitrogens is 2. The van der Waals surface area contributed by atoms with E-state index in [0.717, 1.165) is 5.56 Å². The third-order valence-electron chi connectivity index (χ3n) is 2.93. The van der Waals surface area contributed by atoms with Crippen LogP contribution in [0.3, 0.4) is 0 Å². The van der Waals surface area contributed by atoms with Crippen LogP contribution < -0.4 is 4.74 Å². The molecule has 0 bridgehead atoms. The number of methoxy groups -OCH3 is 1. The Morgan fingerprint density at radius 1 is 1.25 bits per heavy atom. The first-order valence-corrected chi connectivity index (χ1v) is 5.94. The number of nitrogens with zero attached hydrogens (tertiary/aromatic N) is 2. The zero-order valence-corrected chi connectivity index (χ0v) is 11.0. The fraction of sp³-hybridized carbons (Fsp3) is 0.143. The Balaban J connectivity index is 2.00. The molecule has 6 heteroatoms. The van der Waals surface area contributed by atoms with Crippen molar-refractivity contribution < 1.29 is 18.8 Å². The molecule has 0 unspecified atom stereocenters. The summed E-state index contributed by atoms with van der Waals surface area (Å²) in [5, 5.41) is 13.8. The minimum Gasteiger partial charge on any atom is -0.507 e. The first-order chi connectivity index (χ1) is 9.69. The summed E-state index contributed by atoms with van der Waals surface area (Å²) in [5.74, 6) is 1.67. The van der Waals surface area contributed by atoms with E-state index in [1.807, 2.05) is 13.0 Å². The highest BCUT2D eigenvalue weighted by atomic mass is 16.5. The van der Waals surface area contributed by atoms with Gasteiger partial charge in [-0.3, -0.25) is 0 Å². The molecule has 3 rings (SSSR count). The normalized spacial score (nSPS) is 10.7. The highest BCUT2D eigenvalue weighted by Crippen LogP contribution is 2.32. The molecule has 102 valence electrons. The maximum absolute atomic E-state index is 9.94. The molecule has 0 aliphatic carbocycles. The Hall–Kier alpha value is -2.76. The first-order valence-electron chi connectivity index (χ1n) is 5.94. The molecular formula is C14H12N2O4. The van der Waals surface area contributed by atoms with Gasteiger partial charge in [0.2, 0.25) is 5.82 Å². The van der Waals surface area contributed by atoms with Gasteiger partial charge < -0.3 is 18.8 Å². The van der Waals surface area contributed by atoms with Gasteiger partial charge in [0.25, 0.3) is 5.89 Å². The van der Waals surface area contributed by atoms with Crippen LogP contribution in [-0.4, -0.2) is 22.4 Å². The molecular weight excluding hydrogens is 260 g/mol. The number of hydrogen-bond donors (Lipinski definition) is 1. The van der Waals surface area contributed by atoms with E-state index < -0.39 is 0 Å². The third-order valence-corrected chi connectivity index (χ3v) is 2.93. The number of ether oxygens (including phenoxy) is 1. The number of rotatable bonds is 3. The van der Waals surface area contributed by atoms with Crippen molar-refractivity contribution in [2.75, 3.05) is 7.11 Å². The van der Waals surface area contributed by atoms with E-state index in [9.17, 15) is 5.11 Å². The molecule has 2 aromatic heterocycles. The van der Waals surface area contributed by atoms with Crippen molar-refractivity contribution in [3.8, 4) is 34.5 Å². The fourth-order valence-electron chi connectivity index (χ4n) is 1.85. The lowest BCUT2D eigenvalue weighted by Crippen LogP contribution is -1.85. The quantitative estimate of drug-likeness (QED) is 0.789. The number of hydrogen-bond acceptors (Lipinski definition) is 6. The maximum Gasteiger partial charge on any atom is 0.262 e. The van der Waals surface area contributed by atoms with Crippen molar-refractivity contribution in [2.45, 2.75) is 6.92 Å². The molecule has 0 saturated heterocycles. The van der Waals surface area contributed by atoms with Crippen LogP contribution in [0.25, 0.3) is 23.0 Å². The molecule has 3 aromatic rings. The summed E-state index contributed by atoms with van der Waals surface area (Å²) in [7, 11) is 1.53. The highest BCUT2D eigenvalue weighted by molar-refractivity contribution is 5.65. The van der Waals surface area contributed by atoms with Crippen molar-refractivity contribution in [3.63, 3.8) is 0 Å². The van der Waals surface area contributed by atoms with E-state index in [4.69, 9.17) is 13.7 Å². The zero-order valence-electron chi connectivity index (χ0n) is 11.0. The minimum absolute atomic E-state index is 0.00992. The molecule has 20 heavy (non-hydrogen) atoms. The van der Waals surface area contributed by atoms with Crippen LogP contribution in [-0.2, 0) is 0 Å². The molecule has 1 N–H and O–H groups in total. The average Bonchev–Trinajstić information content (AvgIpc) is 3.07. The van der Waals surface area contributed by atoms with Crippen LogP contribution in [0, 0.1) is 6.92 Å². The Labute approximate surface area is 114 Å². The number of furan rings is 1. The molecule has 6 nitrogen and oxygen atoms in total. The smallest absolute Gasteiger partial charge is 0.262 e. The van der Waals surface area contributed by atoms with E-state index in [1.54, 1.807) is 18.4 Å². The second-order valence-corrected chi connectivity index (χ2v) is 4.24. The number of aromatic hydroxyl groups is 1. The molecule has 2 heterocycles. The summed E-state index contributed by atoms with van der Waals surface area (Å²) in [4.78, 5) is 4.23. The predicted molar refractivity (Wildman–Crippen MR) is 70.4 cm³/mol. The summed E-state index contributed by atoms with van der Waals surface area (Å²) in [5.41, 5.74) is 1.35. The largest absolute Gasteiger partial charge is 0.507 e. The molecule has 0 fully saturated rings. The minimum atomic E-state index is 0.00992. The fourth-order valence-corrected chi connectivity index (χ4v) is 1.85. The van der Waals surface area contributed by atoms with Crippen molar-refractivity contribution in [1.29, 1.82) is 0 Å². The Kier molecular flexibility index (Phi) is 2.90. The summed E-state index contributed by atoms with van der Waals surface area (Å²) in [6, 6.07) is 6.66. The summed E-state index contributed by atoms with van der Waals surface area (Å²) < 4.78 is 15.5. The summed E-state index contributed by atoms with van der Waals surface area (Å²) >= 11 is 0. The number of aryl methyl sites for hydroxylation is 1. The molecule has 0 atom stereocenters. The first kappa shape index (κ1) is 12.3. The Morgan fingerprint density at radius 3 is 2.75 bits per heavy atom. The predicted octanol–water partition coefficient (Wildman–Crippen LogP) is 3.02. The second-order valence-electron chi connectivity index (χ2n) is 4.24. The molecule has 0 aliphatic rings. The Bertz CT molecular complexity index is 745. The molecule has 0 aliphatic heterocycles. The highest BCUT2D eigenvalue weighted by Gasteiger charge is 2.17. The van der Waals surface area contributed by atoms with Gasteiger partial charge in [0.05, 0.1) is 18.9 Å². The van der Waals surface area contributed by atoms with Crippen LogP contribution >= 0.6 is 0 Å². The van der Waals surface area contributed by atoms with Gasteiger partial charge in [-0.2, -0.15) is 4.98 Å². The van der Waals surface area contributed by atoms with E-state index in [1.165, 1.54) is 13.2 Å². The van der Waals surface area contributed by atoms with Gasteiger partial charge in [0.1, 0.15) is 11.5 Å². The van der Waals surface area contributed by atoms with Gasteiger partial charge in [0.15, 0.2) is 5.76 Å². The average molecular weight is 272 g/mol. The molecule has 1 aromatic carbocycles. The van der Waals surface area contributed by atoms with Crippen molar-refractivity contribution in [1.82, 2.24) is 10.1 Å². The standard InChI is InChI=1S/C14H12N2O4/c1-8-5-6-19-12(8)13-15-14(20-16-13)10-4-3-9(18-2)7-11(10)17/h3-7,17H,1-2H3. The van der Waals surface area contributed by atoms with Gasteiger partial charge >= 0.3 is 0 Å². The monoisotopic (exact) mass is 272 g/mol. The lowest BCUT2D eigenvalue weighted by molar-refractivity contribution is 0.405. The lowest BCUT2D eigenvalue weighted by Gasteiger charge is -2.02. The van der Waals surface area contributed by atoms with Gasteiger partial charge in [-0.05, 0) is 30.7 Å². The zero-order chi connectivity index (χ0) is 14.1. The van der Waals surface area contributed by atoms with E-state index >= 15 is 0 Å². The van der Waals surface area contributed by atoms with Crippen LogP contribution in [0.2, 0.25) is 0 Å². The van der Waals surface area contributed by atoms with Gasteiger partial charge in [0, 0.05) is 6.07 Å². The van der Waals surface area contributed by atoms with Gasteiger partial charge in [-0.15, -0.1) is 0 Å².